The van der Waals surface area contributed by atoms with Crippen LogP contribution in [0.3, 0.4) is 0 Å². The van der Waals surface area contributed by atoms with Gasteiger partial charge in [-0.25, -0.2) is 4.39 Å². The second-order valence-corrected chi connectivity index (χ2v) is 7.51. The molecule has 1 aliphatic heterocycles. The van der Waals surface area contributed by atoms with Crippen molar-refractivity contribution in [3.63, 3.8) is 0 Å². The van der Waals surface area contributed by atoms with Crippen LogP contribution >= 0.6 is 11.3 Å². The molecule has 9 heteroatoms. The van der Waals surface area contributed by atoms with Gasteiger partial charge in [0.1, 0.15) is 18.2 Å². The minimum absolute atomic E-state index is 0.0168. The predicted octanol–water partition coefficient (Wildman–Crippen LogP) is 3.25. The standard InChI is InChI=1S/C20H17FN4O3S/c21-15-8-4-5-9-16(15)25-11-13(10-18(25)26)19(27)22-20-24-23-17(29-20)12-28-14-6-2-1-3-7-14/h1-9,13H,10-12H2,(H,22,24,27). The maximum absolute atomic E-state index is 14.0. The smallest absolute Gasteiger partial charge is 0.231 e. The predicted molar refractivity (Wildman–Crippen MR) is 106 cm³/mol. The number of carbonyl (C=O) groups excluding carboxylic acids is 2. The topological polar surface area (TPSA) is 84.4 Å². The SMILES string of the molecule is O=C(Nc1nnc(COc2ccccc2)s1)C1CC(=O)N(c2ccccc2F)C1. The monoisotopic (exact) mass is 412 g/mol. The number of anilines is 2. The van der Waals surface area contributed by atoms with Crippen molar-refractivity contribution in [3.8, 4) is 5.75 Å². The van der Waals surface area contributed by atoms with Gasteiger partial charge in [-0.2, -0.15) is 0 Å². The summed E-state index contributed by atoms with van der Waals surface area (Å²) in [6.07, 6.45) is 0.0168. The van der Waals surface area contributed by atoms with Crippen LogP contribution < -0.4 is 15.0 Å². The first-order valence-electron chi connectivity index (χ1n) is 8.96. The number of nitrogens with zero attached hydrogens (tertiary/aromatic N) is 3. The number of hydrogen-bond acceptors (Lipinski definition) is 6. The van der Waals surface area contributed by atoms with E-state index in [4.69, 9.17) is 4.74 Å². The zero-order valence-corrected chi connectivity index (χ0v) is 16.1. The molecule has 1 fully saturated rings. The summed E-state index contributed by atoms with van der Waals surface area (Å²) in [7, 11) is 0. The zero-order valence-electron chi connectivity index (χ0n) is 15.2. The number of nitrogens with one attached hydrogen (secondary N) is 1. The van der Waals surface area contributed by atoms with Crippen LogP contribution in [-0.2, 0) is 16.2 Å². The van der Waals surface area contributed by atoms with Crippen molar-refractivity contribution in [2.45, 2.75) is 13.0 Å². The minimum atomic E-state index is -0.588. The molecule has 1 saturated heterocycles. The van der Waals surface area contributed by atoms with Gasteiger partial charge in [-0.1, -0.05) is 41.7 Å². The van der Waals surface area contributed by atoms with Crippen LogP contribution in [0.5, 0.6) is 5.75 Å². The van der Waals surface area contributed by atoms with E-state index in [1.165, 1.54) is 28.4 Å². The Labute approximate surface area is 170 Å². The average molecular weight is 412 g/mol. The lowest BCUT2D eigenvalue weighted by Crippen LogP contribution is -2.28. The molecule has 1 aromatic heterocycles. The summed E-state index contributed by atoms with van der Waals surface area (Å²) in [4.78, 5) is 26.1. The Balaban J connectivity index is 1.35. The number of rotatable bonds is 6. The molecule has 1 N–H and O–H groups in total. The molecule has 0 bridgehead atoms. The van der Waals surface area contributed by atoms with Crippen molar-refractivity contribution in [2.24, 2.45) is 5.92 Å². The normalized spacial score (nSPS) is 16.1. The molecule has 1 unspecified atom stereocenters. The summed E-state index contributed by atoms with van der Waals surface area (Å²) in [6.45, 7) is 0.356. The molecule has 0 saturated carbocycles. The Hall–Kier alpha value is -3.33. The Bertz CT molecular complexity index is 1030. The third-order valence-electron chi connectivity index (χ3n) is 4.44. The van der Waals surface area contributed by atoms with Crippen LogP contribution in [0.15, 0.2) is 54.6 Å². The summed E-state index contributed by atoms with van der Waals surface area (Å²) in [5.41, 5.74) is 0.184. The Morgan fingerprint density at radius 1 is 1.17 bits per heavy atom. The van der Waals surface area contributed by atoms with Crippen molar-refractivity contribution in [3.05, 3.63) is 65.4 Å². The molecule has 0 spiro atoms. The van der Waals surface area contributed by atoms with Gasteiger partial charge < -0.3 is 15.0 Å². The molecule has 2 amide bonds. The van der Waals surface area contributed by atoms with Crippen molar-refractivity contribution in [2.75, 3.05) is 16.8 Å². The molecule has 148 valence electrons. The highest BCUT2D eigenvalue weighted by molar-refractivity contribution is 7.15. The van der Waals surface area contributed by atoms with Crippen LogP contribution in [-0.4, -0.2) is 28.6 Å². The summed E-state index contributed by atoms with van der Waals surface area (Å²) in [5, 5.41) is 11.6. The number of amides is 2. The van der Waals surface area contributed by atoms with Crippen LogP contribution in [0, 0.1) is 11.7 Å². The summed E-state index contributed by atoms with van der Waals surface area (Å²) >= 11 is 1.20. The van der Waals surface area contributed by atoms with Gasteiger partial charge in [0.05, 0.1) is 11.6 Å². The maximum Gasteiger partial charge on any atom is 0.231 e. The van der Waals surface area contributed by atoms with E-state index >= 15 is 0 Å². The summed E-state index contributed by atoms with van der Waals surface area (Å²) < 4.78 is 19.6. The second kappa shape index (κ2) is 8.36. The van der Waals surface area contributed by atoms with Gasteiger partial charge in [-0.05, 0) is 24.3 Å². The van der Waals surface area contributed by atoms with Gasteiger partial charge >= 0.3 is 0 Å². The van der Waals surface area contributed by atoms with E-state index in [1.807, 2.05) is 30.3 Å². The minimum Gasteiger partial charge on any atom is -0.486 e. The number of hydrogen-bond donors (Lipinski definition) is 1. The van der Waals surface area contributed by atoms with Gasteiger partial charge in [0.25, 0.3) is 0 Å². The summed E-state index contributed by atoms with van der Waals surface area (Å²) in [6, 6.07) is 15.3. The molecular formula is C20H17FN4O3S. The van der Waals surface area contributed by atoms with Crippen LogP contribution in [0.25, 0.3) is 0 Å². The first kappa shape index (κ1) is 19.0. The highest BCUT2D eigenvalue weighted by Gasteiger charge is 2.36. The molecule has 7 nitrogen and oxygen atoms in total. The number of halogens is 1. The largest absolute Gasteiger partial charge is 0.486 e. The molecule has 0 aliphatic carbocycles. The highest BCUT2D eigenvalue weighted by Crippen LogP contribution is 2.28. The van der Waals surface area contributed by atoms with Crippen molar-refractivity contribution >= 4 is 34.0 Å². The third kappa shape index (κ3) is 4.40. The number of benzene rings is 2. The molecule has 29 heavy (non-hydrogen) atoms. The van der Waals surface area contributed by atoms with E-state index in [1.54, 1.807) is 12.1 Å². The Kier molecular flexibility index (Phi) is 5.48. The van der Waals surface area contributed by atoms with E-state index < -0.39 is 11.7 Å². The lowest BCUT2D eigenvalue weighted by atomic mass is 10.1. The molecular weight excluding hydrogens is 395 g/mol. The fraction of sp³-hybridized carbons (Fsp3) is 0.200. The van der Waals surface area contributed by atoms with E-state index in [9.17, 15) is 14.0 Å². The third-order valence-corrected chi connectivity index (χ3v) is 5.25. The highest BCUT2D eigenvalue weighted by atomic mass is 32.1. The fourth-order valence-corrected chi connectivity index (χ4v) is 3.67. The lowest BCUT2D eigenvalue weighted by Gasteiger charge is -2.17. The molecule has 3 aromatic rings. The second-order valence-electron chi connectivity index (χ2n) is 6.45. The zero-order chi connectivity index (χ0) is 20.2. The number of carbonyl (C=O) groups is 2. The molecule has 4 rings (SSSR count). The quantitative estimate of drug-likeness (QED) is 0.672. The molecule has 1 aliphatic rings. The number of aromatic nitrogens is 2. The van der Waals surface area contributed by atoms with Gasteiger partial charge in [0, 0.05) is 13.0 Å². The molecule has 0 radical (unpaired) electrons. The van der Waals surface area contributed by atoms with Gasteiger partial charge in [0.15, 0.2) is 5.01 Å². The first-order chi connectivity index (χ1) is 14.1. The number of para-hydroxylation sites is 2. The van der Waals surface area contributed by atoms with Gasteiger partial charge in [0.2, 0.25) is 16.9 Å². The van der Waals surface area contributed by atoms with Crippen molar-refractivity contribution in [1.29, 1.82) is 0 Å². The molecule has 2 aromatic carbocycles. The maximum atomic E-state index is 14.0. The van der Waals surface area contributed by atoms with E-state index in [2.05, 4.69) is 15.5 Å². The van der Waals surface area contributed by atoms with E-state index in [-0.39, 0.29) is 37.1 Å². The average Bonchev–Trinajstić information content (AvgIpc) is 3.34. The van der Waals surface area contributed by atoms with Gasteiger partial charge in [-0.15, -0.1) is 10.2 Å². The molecule has 2 heterocycles. The molecule has 1 atom stereocenters. The van der Waals surface area contributed by atoms with Crippen molar-refractivity contribution < 1.29 is 18.7 Å². The van der Waals surface area contributed by atoms with Crippen LogP contribution in [0.4, 0.5) is 15.2 Å². The number of ether oxygens (including phenoxy) is 1. The van der Waals surface area contributed by atoms with Crippen LogP contribution in [0.1, 0.15) is 11.4 Å². The Morgan fingerprint density at radius 2 is 1.93 bits per heavy atom. The van der Waals surface area contributed by atoms with Crippen molar-refractivity contribution in [1.82, 2.24) is 10.2 Å². The Morgan fingerprint density at radius 3 is 2.72 bits per heavy atom. The van der Waals surface area contributed by atoms with Gasteiger partial charge in [-0.3, -0.25) is 9.59 Å². The summed E-state index contributed by atoms with van der Waals surface area (Å²) in [5.74, 6) is -0.997. The lowest BCUT2D eigenvalue weighted by molar-refractivity contribution is -0.122. The van der Waals surface area contributed by atoms with Crippen LogP contribution in [0.2, 0.25) is 0 Å². The van der Waals surface area contributed by atoms with E-state index in [0.717, 1.165) is 0 Å². The van der Waals surface area contributed by atoms with E-state index in [0.29, 0.717) is 15.9 Å². The fourth-order valence-electron chi connectivity index (χ4n) is 3.02. The first-order valence-corrected chi connectivity index (χ1v) is 9.78.